The highest BCUT2D eigenvalue weighted by Crippen LogP contribution is 2.60. The molecule has 0 saturated heterocycles. The van der Waals surface area contributed by atoms with Gasteiger partial charge in [0.2, 0.25) is 0 Å². The molecule has 0 atom stereocenters. The van der Waals surface area contributed by atoms with Gasteiger partial charge in [0, 0.05) is 22.2 Å². The molecular weight excluding hydrogens is 759 g/mol. The van der Waals surface area contributed by atoms with Crippen molar-refractivity contribution >= 4 is 27.8 Å². The van der Waals surface area contributed by atoms with Gasteiger partial charge in [-0.05, 0) is 102 Å². The monoisotopic (exact) mass is 803 g/mol. The first kappa shape index (κ1) is 37.1. The Morgan fingerprint density at radius 3 is 1.56 bits per heavy atom. The zero-order valence-electron chi connectivity index (χ0n) is 35.5. The van der Waals surface area contributed by atoms with Gasteiger partial charge in [-0.15, -0.1) is 0 Å². The van der Waals surface area contributed by atoms with E-state index in [9.17, 15) is 0 Å². The van der Waals surface area contributed by atoms with E-state index in [4.69, 9.17) is 0 Å². The van der Waals surface area contributed by atoms with E-state index >= 15 is 0 Å². The third-order valence-corrected chi connectivity index (χ3v) is 13.9. The summed E-state index contributed by atoms with van der Waals surface area (Å²) < 4.78 is 0. The van der Waals surface area contributed by atoms with Crippen LogP contribution in [0.3, 0.4) is 0 Å². The number of fused-ring (bicyclic) bond motifs is 8. The number of hydrogen-bond acceptors (Lipinski definition) is 1. The predicted molar refractivity (Wildman–Crippen MR) is 264 cm³/mol. The highest BCUT2D eigenvalue weighted by atomic mass is 15.1. The number of benzene rings is 10. The molecule has 63 heavy (non-hydrogen) atoms. The van der Waals surface area contributed by atoms with E-state index < -0.39 is 5.41 Å². The molecule has 0 N–H and O–H groups in total. The smallest absolute Gasteiger partial charge is 0.0713 e. The summed E-state index contributed by atoms with van der Waals surface area (Å²) in [6, 6.07) is 87.6. The molecule has 298 valence electrons. The minimum absolute atomic E-state index is 0.186. The Kier molecular flexibility index (Phi) is 8.49. The maximum Gasteiger partial charge on any atom is 0.0713 e. The second kappa shape index (κ2) is 14.4. The van der Waals surface area contributed by atoms with Crippen LogP contribution in [0.5, 0.6) is 0 Å². The third kappa shape index (κ3) is 5.49. The van der Waals surface area contributed by atoms with Gasteiger partial charge in [0.15, 0.2) is 0 Å². The lowest BCUT2D eigenvalue weighted by molar-refractivity contribution is 0.666. The van der Waals surface area contributed by atoms with E-state index in [0.717, 1.165) is 11.4 Å². The molecule has 0 heterocycles. The van der Waals surface area contributed by atoms with Gasteiger partial charge < -0.3 is 4.90 Å². The average molecular weight is 804 g/mol. The maximum absolute atomic E-state index is 2.52. The van der Waals surface area contributed by atoms with E-state index in [1.54, 1.807) is 0 Å². The first-order valence-corrected chi connectivity index (χ1v) is 22.1. The molecule has 10 aromatic carbocycles. The van der Waals surface area contributed by atoms with Crippen LogP contribution in [0, 0.1) is 0 Å². The highest BCUT2D eigenvalue weighted by molar-refractivity contribution is 6.07. The van der Waals surface area contributed by atoms with E-state index in [0.29, 0.717) is 0 Å². The van der Waals surface area contributed by atoms with Gasteiger partial charge in [0.1, 0.15) is 0 Å². The van der Waals surface area contributed by atoms with Gasteiger partial charge >= 0.3 is 0 Å². The summed E-state index contributed by atoms with van der Waals surface area (Å²) in [5.41, 5.74) is 20.7. The van der Waals surface area contributed by atoms with Crippen LogP contribution < -0.4 is 4.90 Å². The van der Waals surface area contributed by atoms with Crippen molar-refractivity contribution in [2.75, 3.05) is 4.90 Å². The summed E-state index contributed by atoms with van der Waals surface area (Å²) in [4.78, 5) is 2.52. The molecule has 0 unspecified atom stereocenters. The molecule has 2 aliphatic rings. The molecule has 0 saturated carbocycles. The van der Waals surface area contributed by atoms with Crippen molar-refractivity contribution < 1.29 is 0 Å². The second-order valence-electron chi connectivity index (χ2n) is 17.6. The van der Waals surface area contributed by atoms with Crippen molar-refractivity contribution in [3.05, 3.63) is 270 Å². The number of para-hydroxylation sites is 1. The zero-order valence-corrected chi connectivity index (χ0v) is 35.5. The molecular formula is C62H45N. The van der Waals surface area contributed by atoms with Crippen LogP contribution in [0.1, 0.15) is 47.2 Å². The minimum Gasteiger partial charge on any atom is -0.309 e. The fourth-order valence-electron chi connectivity index (χ4n) is 11.3. The van der Waals surface area contributed by atoms with Crippen molar-refractivity contribution in [2.45, 2.75) is 24.7 Å². The molecule has 0 amide bonds. The first-order valence-electron chi connectivity index (χ1n) is 22.1. The zero-order chi connectivity index (χ0) is 42.1. The Bertz CT molecular complexity index is 3310. The number of nitrogens with zero attached hydrogens (tertiary/aromatic N) is 1. The SMILES string of the molecule is CC1(C)c2ccccc2-c2c(N(c3ccc(-c4cccc5c4-c4ccccc4C5(c4ccccc4)c4ccccc4)cc3)c3ccccc3-c3ccccc3)cc3ccccc3c21. The van der Waals surface area contributed by atoms with E-state index in [2.05, 4.69) is 255 Å². The molecule has 0 spiro atoms. The van der Waals surface area contributed by atoms with Crippen molar-refractivity contribution in [3.63, 3.8) is 0 Å². The van der Waals surface area contributed by atoms with Gasteiger partial charge in [-0.25, -0.2) is 0 Å². The Morgan fingerprint density at radius 2 is 0.857 bits per heavy atom. The fourth-order valence-corrected chi connectivity index (χ4v) is 11.3. The molecule has 0 radical (unpaired) electrons. The number of hydrogen-bond donors (Lipinski definition) is 0. The van der Waals surface area contributed by atoms with E-state index in [1.807, 2.05) is 0 Å². The van der Waals surface area contributed by atoms with Gasteiger partial charge in [0.05, 0.1) is 16.8 Å². The molecule has 0 aromatic heterocycles. The lowest BCUT2D eigenvalue weighted by atomic mass is 9.67. The van der Waals surface area contributed by atoms with E-state index in [1.165, 1.54) is 94.3 Å². The lowest BCUT2D eigenvalue weighted by Gasteiger charge is -2.34. The summed E-state index contributed by atoms with van der Waals surface area (Å²) in [6.07, 6.45) is 0. The molecule has 1 heteroatoms. The fraction of sp³-hybridized carbons (Fsp3) is 0.0645. The second-order valence-corrected chi connectivity index (χ2v) is 17.6. The van der Waals surface area contributed by atoms with Crippen LogP contribution in [-0.2, 0) is 10.8 Å². The number of rotatable bonds is 7. The van der Waals surface area contributed by atoms with Gasteiger partial charge in [-0.3, -0.25) is 0 Å². The normalized spacial score (nSPS) is 13.8. The maximum atomic E-state index is 2.52. The molecule has 0 bridgehead atoms. The summed E-state index contributed by atoms with van der Waals surface area (Å²) in [5.74, 6) is 0. The summed E-state index contributed by atoms with van der Waals surface area (Å²) in [6.45, 7) is 4.79. The topological polar surface area (TPSA) is 3.24 Å². The molecule has 2 aliphatic carbocycles. The minimum atomic E-state index is -0.455. The van der Waals surface area contributed by atoms with Crippen LogP contribution in [0.15, 0.2) is 237 Å². The molecule has 0 aliphatic heterocycles. The van der Waals surface area contributed by atoms with Crippen molar-refractivity contribution in [3.8, 4) is 44.5 Å². The van der Waals surface area contributed by atoms with Crippen LogP contribution in [0.2, 0.25) is 0 Å². The van der Waals surface area contributed by atoms with Crippen molar-refractivity contribution in [1.82, 2.24) is 0 Å². The van der Waals surface area contributed by atoms with Crippen LogP contribution in [0.25, 0.3) is 55.3 Å². The molecule has 12 rings (SSSR count). The van der Waals surface area contributed by atoms with Gasteiger partial charge in [-0.1, -0.05) is 226 Å². The summed E-state index contributed by atoms with van der Waals surface area (Å²) >= 11 is 0. The molecule has 1 nitrogen and oxygen atoms in total. The molecule has 0 fully saturated rings. The third-order valence-electron chi connectivity index (χ3n) is 13.9. The first-order chi connectivity index (χ1) is 31.0. The Balaban J connectivity index is 1.09. The van der Waals surface area contributed by atoms with Crippen molar-refractivity contribution in [2.24, 2.45) is 0 Å². The average Bonchev–Trinajstić information content (AvgIpc) is 3.79. The van der Waals surface area contributed by atoms with Crippen LogP contribution in [0.4, 0.5) is 17.1 Å². The van der Waals surface area contributed by atoms with Crippen molar-refractivity contribution in [1.29, 1.82) is 0 Å². The lowest BCUT2D eigenvalue weighted by Crippen LogP contribution is -2.28. The van der Waals surface area contributed by atoms with Gasteiger partial charge in [0.25, 0.3) is 0 Å². The Morgan fingerprint density at radius 1 is 0.349 bits per heavy atom. The quantitative estimate of drug-likeness (QED) is 0.155. The van der Waals surface area contributed by atoms with E-state index in [-0.39, 0.29) is 5.41 Å². The standard InChI is InChI=1S/C62H45N/c1-61(2)53-33-17-14-30-51(53)59-57(41-44-23-12-13-29-50(44)60(59)61)63(56-36-19-16-28-48(56)42-21-6-3-7-22-42)47-39-37-43(38-40-47)49-32-20-35-55-58(49)52-31-15-18-34-54(52)62(55,45-24-8-4-9-25-45)46-26-10-5-11-27-46/h3-41H,1-2H3. The predicted octanol–water partition coefficient (Wildman–Crippen LogP) is 16.3. The van der Waals surface area contributed by atoms with Crippen LogP contribution >= 0.6 is 0 Å². The summed E-state index contributed by atoms with van der Waals surface area (Å²) in [7, 11) is 0. The summed E-state index contributed by atoms with van der Waals surface area (Å²) in [5, 5.41) is 2.55. The largest absolute Gasteiger partial charge is 0.309 e. The Labute approximate surface area is 370 Å². The molecule has 10 aromatic rings. The van der Waals surface area contributed by atoms with Gasteiger partial charge in [-0.2, -0.15) is 0 Å². The highest BCUT2D eigenvalue weighted by Gasteiger charge is 2.47. The van der Waals surface area contributed by atoms with Crippen LogP contribution in [-0.4, -0.2) is 0 Å². The Hall–Kier alpha value is -7.74. The number of anilines is 3.